The largest absolute Gasteiger partial charge is 0.302 e. The molecule has 0 spiro atoms. The van der Waals surface area contributed by atoms with E-state index >= 15 is 0 Å². The van der Waals surface area contributed by atoms with Crippen molar-refractivity contribution in [3.05, 3.63) is 64.5 Å². The molecule has 0 aliphatic carbocycles. The fraction of sp³-hybridized carbons (Fsp3) is 0.200. The Bertz CT molecular complexity index is 885. The van der Waals surface area contributed by atoms with Crippen molar-refractivity contribution in [3.8, 4) is 11.3 Å². The number of thioether (sulfide) groups is 1. The Hall–Kier alpha value is -2.11. The summed E-state index contributed by atoms with van der Waals surface area (Å²) in [5.41, 5.74) is 5.41. The van der Waals surface area contributed by atoms with Gasteiger partial charge < -0.3 is 5.32 Å². The number of nitrogens with one attached hydrogen (secondary N) is 1. The van der Waals surface area contributed by atoms with E-state index in [2.05, 4.69) is 42.3 Å². The van der Waals surface area contributed by atoms with Crippen molar-refractivity contribution in [2.24, 2.45) is 0 Å². The van der Waals surface area contributed by atoms with Crippen LogP contribution in [0.2, 0.25) is 0 Å². The van der Waals surface area contributed by atoms with Crippen molar-refractivity contribution in [1.29, 1.82) is 0 Å². The number of anilines is 1. The Balaban J connectivity index is 1.68. The number of aryl methyl sites for hydroxylation is 2. The van der Waals surface area contributed by atoms with Crippen LogP contribution in [0.1, 0.15) is 16.7 Å². The summed E-state index contributed by atoms with van der Waals surface area (Å²) in [5.74, 6) is -0.0428. The molecule has 1 aromatic heterocycles. The molecule has 128 valence electrons. The molecule has 1 amide bonds. The van der Waals surface area contributed by atoms with E-state index in [1.165, 1.54) is 27.4 Å². The van der Waals surface area contributed by atoms with Gasteiger partial charge in [-0.15, -0.1) is 23.1 Å². The number of hydrogen-bond acceptors (Lipinski definition) is 4. The maximum atomic E-state index is 12.3. The molecule has 1 N–H and O–H groups in total. The van der Waals surface area contributed by atoms with Crippen LogP contribution in [0.25, 0.3) is 11.3 Å². The number of thiazole rings is 1. The molecule has 3 nitrogen and oxygen atoms in total. The molecule has 25 heavy (non-hydrogen) atoms. The molecule has 3 aromatic rings. The summed E-state index contributed by atoms with van der Waals surface area (Å²) in [5, 5.41) is 5.54. The van der Waals surface area contributed by atoms with E-state index in [0.29, 0.717) is 11.6 Å². The molecular formula is C20H20N2OS2. The highest BCUT2D eigenvalue weighted by atomic mass is 32.2. The van der Waals surface area contributed by atoms with Crippen molar-refractivity contribution >= 4 is 34.1 Å². The predicted octanol–water partition coefficient (Wildman–Crippen LogP) is 5.33. The molecule has 0 aliphatic rings. The summed E-state index contributed by atoms with van der Waals surface area (Å²) in [6.07, 6.45) is 2.39. The van der Waals surface area contributed by atoms with Crippen molar-refractivity contribution in [1.82, 2.24) is 4.98 Å². The maximum absolute atomic E-state index is 12.3. The van der Waals surface area contributed by atoms with E-state index in [9.17, 15) is 4.79 Å². The molecule has 0 aliphatic heterocycles. The van der Waals surface area contributed by atoms with Gasteiger partial charge in [0.1, 0.15) is 0 Å². The van der Waals surface area contributed by atoms with Crippen molar-refractivity contribution in [3.63, 3.8) is 0 Å². The minimum atomic E-state index is -0.0428. The first-order chi connectivity index (χ1) is 12.0. The standard InChI is InChI=1S/C20H20N2OS2/c1-13-4-5-14(2)17(10-13)18-12-25-20(21-18)22-19(23)11-15-6-8-16(24-3)9-7-15/h4-10,12H,11H2,1-3H3,(H,21,22,23). The van der Waals surface area contributed by atoms with Gasteiger partial charge in [-0.3, -0.25) is 4.79 Å². The van der Waals surface area contributed by atoms with Crippen LogP contribution < -0.4 is 5.32 Å². The van der Waals surface area contributed by atoms with Gasteiger partial charge in [-0.25, -0.2) is 4.98 Å². The Labute approximate surface area is 156 Å². The fourth-order valence-corrected chi connectivity index (χ4v) is 3.69. The van der Waals surface area contributed by atoms with Crippen molar-refractivity contribution in [2.45, 2.75) is 25.2 Å². The van der Waals surface area contributed by atoms with Gasteiger partial charge in [0.05, 0.1) is 12.1 Å². The minimum Gasteiger partial charge on any atom is -0.302 e. The number of carbonyl (C=O) groups is 1. The first-order valence-electron chi connectivity index (χ1n) is 8.01. The van der Waals surface area contributed by atoms with Gasteiger partial charge in [0.2, 0.25) is 5.91 Å². The molecular weight excluding hydrogens is 348 g/mol. The highest BCUT2D eigenvalue weighted by molar-refractivity contribution is 7.98. The Morgan fingerprint density at radius 1 is 1.16 bits per heavy atom. The zero-order valence-electron chi connectivity index (χ0n) is 14.5. The zero-order valence-corrected chi connectivity index (χ0v) is 16.1. The number of nitrogens with zero attached hydrogens (tertiary/aromatic N) is 1. The highest BCUT2D eigenvalue weighted by Crippen LogP contribution is 2.28. The van der Waals surface area contributed by atoms with E-state index in [0.717, 1.165) is 16.8 Å². The van der Waals surface area contributed by atoms with Gasteiger partial charge in [0.25, 0.3) is 0 Å². The number of carbonyl (C=O) groups excluding carboxylic acids is 1. The molecule has 1 heterocycles. The molecule has 0 bridgehead atoms. The third-order valence-corrected chi connectivity index (χ3v) is 5.44. The lowest BCUT2D eigenvalue weighted by Gasteiger charge is -2.04. The van der Waals surface area contributed by atoms with Gasteiger partial charge >= 0.3 is 0 Å². The number of rotatable bonds is 5. The smallest absolute Gasteiger partial charge is 0.230 e. The second-order valence-corrected chi connectivity index (χ2v) is 7.67. The molecule has 3 rings (SSSR count). The molecule has 0 radical (unpaired) electrons. The van der Waals surface area contributed by atoms with Gasteiger partial charge in [0.15, 0.2) is 5.13 Å². The lowest BCUT2D eigenvalue weighted by Crippen LogP contribution is -2.14. The van der Waals surface area contributed by atoms with E-state index in [1.807, 2.05) is 35.9 Å². The summed E-state index contributed by atoms with van der Waals surface area (Å²) in [7, 11) is 0. The third-order valence-electron chi connectivity index (χ3n) is 3.94. The Morgan fingerprint density at radius 3 is 2.64 bits per heavy atom. The number of amides is 1. The van der Waals surface area contributed by atoms with E-state index in [-0.39, 0.29) is 5.91 Å². The third kappa shape index (κ3) is 4.50. The first kappa shape index (κ1) is 17.7. The second-order valence-electron chi connectivity index (χ2n) is 5.93. The lowest BCUT2D eigenvalue weighted by atomic mass is 10.0. The maximum Gasteiger partial charge on any atom is 0.230 e. The monoisotopic (exact) mass is 368 g/mol. The molecule has 0 atom stereocenters. The lowest BCUT2D eigenvalue weighted by molar-refractivity contribution is -0.115. The number of hydrogen-bond donors (Lipinski definition) is 1. The molecule has 0 fully saturated rings. The van der Waals surface area contributed by atoms with Crippen LogP contribution >= 0.6 is 23.1 Å². The highest BCUT2D eigenvalue weighted by Gasteiger charge is 2.10. The zero-order chi connectivity index (χ0) is 17.8. The predicted molar refractivity (Wildman–Crippen MR) is 108 cm³/mol. The summed E-state index contributed by atoms with van der Waals surface area (Å²) < 4.78 is 0. The number of aromatic nitrogens is 1. The van der Waals surface area contributed by atoms with Crippen LogP contribution in [0, 0.1) is 13.8 Å². The summed E-state index contributed by atoms with van der Waals surface area (Å²) in [6.45, 7) is 4.14. The summed E-state index contributed by atoms with van der Waals surface area (Å²) >= 11 is 3.15. The Morgan fingerprint density at radius 2 is 1.92 bits per heavy atom. The number of benzene rings is 2. The van der Waals surface area contributed by atoms with Gasteiger partial charge in [-0.2, -0.15) is 0 Å². The topological polar surface area (TPSA) is 42.0 Å². The summed E-state index contributed by atoms with van der Waals surface area (Å²) in [6, 6.07) is 14.4. The normalized spacial score (nSPS) is 10.7. The average Bonchev–Trinajstić information content (AvgIpc) is 3.05. The van der Waals surface area contributed by atoms with Crippen molar-refractivity contribution < 1.29 is 4.79 Å². The summed E-state index contributed by atoms with van der Waals surface area (Å²) in [4.78, 5) is 18.0. The van der Waals surface area contributed by atoms with E-state index in [1.54, 1.807) is 11.8 Å². The first-order valence-corrected chi connectivity index (χ1v) is 10.1. The second kappa shape index (κ2) is 7.85. The SMILES string of the molecule is CSc1ccc(CC(=O)Nc2nc(-c3cc(C)ccc3C)cs2)cc1. The molecule has 0 unspecified atom stereocenters. The minimum absolute atomic E-state index is 0.0428. The van der Waals surface area contributed by atoms with E-state index < -0.39 is 0 Å². The molecule has 0 saturated carbocycles. The molecule has 0 saturated heterocycles. The van der Waals surface area contributed by atoms with Crippen LogP contribution in [0.15, 0.2) is 52.7 Å². The van der Waals surface area contributed by atoms with E-state index in [4.69, 9.17) is 0 Å². The van der Waals surface area contributed by atoms with Crippen LogP contribution in [-0.4, -0.2) is 17.1 Å². The quantitative estimate of drug-likeness (QED) is 0.619. The average molecular weight is 369 g/mol. The van der Waals surface area contributed by atoms with Crippen LogP contribution in [-0.2, 0) is 11.2 Å². The molecule has 5 heteroatoms. The fourth-order valence-electron chi connectivity index (χ4n) is 2.56. The Kier molecular flexibility index (Phi) is 5.56. The van der Waals surface area contributed by atoms with Crippen LogP contribution in [0.4, 0.5) is 5.13 Å². The van der Waals surface area contributed by atoms with Crippen molar-refractivity contribution in [2.75, 3.05) is 11.6 Å². The van der Waals surface area contributed by atoms with Crippen LogP contribution in [0.5, 0.6) is 0 Å². The molecule has 2 aromatic carbocycles. The van der Waals surface area contributed by atoms with Gasteiger partial charge in [-0.05, 0) is 49.4 Å². The van der Waals surface area contributed by atoms with Crippen LogP contribution in [0.3, 0.4) is 0 Å². The van der Waals surface area contributed by atoms with Gasteiger partial charge in [0, 0.05) is 15.8 Å². The van der Waals surface area contributed by atoms with Gasteiger partial charge in [-0.1, -0.05) is 29.8 Å².